The first-order valence-electron chi connectivity index (χ1n) is 12.3. The van der Waals surface area contributed by atoms with Gasteiger partial charge in [-0.2, -0.15) is 0 Å². The maximum absolute atomic E-state index is 15.2. The number of nitrogens with one attached hydrogen (secondary N) is 2. The van der Waals surface area contributed by atoms with Gasteiger partial charge in [-0.25, -0.2) is 4.39 Å². The van der Waals surface area contributed by atoms with Crippen LogP contribution in [0.15, 0.2) is 59.3 Å². The van der Waals surface area contributed by atoms with Crippen molar-refractivity contribution in [1.29, 1.82) is 0 Å². The zero-order chi connectivity index (χ0) is 25.7. The van der Waals surface area contributed by atoms with Crippen molar-refractivity contribution in [2.45, 2.75) is 18.9 Å². The second-order valence-electron chi connectivity index (χ2n) is 9.40. The highest BCUT2D eigenvalue weighted by molar-refractivity contribution is 6.50. The smallest absolute Gasteiger partial charge is 0.259 e. The summed E-state index contributed by atoms with van der Waals surface area (Å²) in [6.07, 6.45) is 4.83. The van der Waals surface area contributed by atoms with Crippen molar-refractivity contribution < 1.29 is 23.2 Å². The molecule has 0 unspecified atom stereocenters. The number of rotatable bonds is 5. The topological polar surface area (TPSA) is 96.6 Å². The first kappa shape index (κ1) is 23.2. The molecule has 2 aliphatic rings. The number of likely N-dealkylation sites (N-methyl/N-ethyl adjacent to an activating group) is 1. The zero-order valence-electron chi connectivity index (χ0n) is 20.2. The lowest BCUT2D eigenvalue weighted by Crippen LogP contribution is -2.42. The Labute approximate surface area is 211 Å². The van der Waals surface area contributed by atoms with Crippen molar-refractivity contribution >= 4 is 50.7 Å². The van der Waals surface area contributed by atoms with E-state index in [0.29, 0.717) is 30.6 Å². The molecule has 0 atom stereocenters. The van der Waals surface area contributed by atoms with Crippen LogP contribution in [-0.2, 0) is 14.4 Å². The van der Waals surface area contributed by atoms with E-state index in [0.717, 1.165) is 23.7 Å². The fourth-order valence-electron chi connectivity index (χ4n) is 5.55. The highest BCUT2D eigenvalue weighted by Crippen LogP contribution is 2.41. The van der Waals surface area contributed by atoms with E-state index in [9.17, 15) is 14.4 Å². The highest BCUT2D eigenvalue weighted by atomic mass is 19.1. The minimum Gasteiger partial charge on any atom is -0.464 e. The number of piperidine rings is 1. The van der Waals surface area contributed by atoms with E-state index in [4.69, 9.17) is 4.42 Å². The summed E-state index contributed by atoms with van der Waals surface area (Å²) in [4.78, 5) is 40.4. The molecule has 2 aromatic carbocycles. The molecule has 3 amide bonds. The minimum atomic E-state index is -0.656. The predicted octanol–water partition coefficient (Wildman–Crippen LogP) is 3.48. The molecule has 37 heavy (non-hydrogen) atoms. The van der Waals surface area contributed by atoms with Gasteiger partial charge in [0.15, 0.2) is 0 Å². The Balaban J connectivity index is 1.48. The van der Waals surface area contributed by atoms with Gasteiger partial charge >= 0.3 is 0 Å². The van der Waals surface area contributed by atoms with Crippen LogP contribution in [0.2, 0.25) is 0 Å². The first-order chi connectivity index (χ1) is 18.0. The average Bonchev–Trinajstić information content (AvgIpc) is 3.60. The number of benzene rings is 2. The Morgan fingerprint density at radius 3 is 2.62 bits per heavy atom. The molecule has 8 nitrogen and oxygen atoms in total. The van der Waals surface area contributed by atoms with Crippen LogP contribution in [-0.4, -0.2) is 53.9 Å². The van der Waals surface area contributed by atoms with Crippen molar-refractivity contribution in [3.63, 3.8) is 0 Å². The number of hydrogen-bond donors (Lipinski definition) is 2. The van der Waals surface area contributed by atoms with Crippen LogP contribution < -0.4 is 10.6 Å². The van der Waals surface area contributed by atoms with E-state index in [1.807, 2.05) is 35.4 Å². The Morgan fingerprint density at radius 2 is 1.84 bits per heavy atom. The van der Waals surface area contributed by atoms with Gasteiger partial charge < -0.3 is 19.2 Å². The monoisotopic (exact) mass is 500 g/mol. The molecule has 2 aromatic heterocycles. The van der Waals surface area contributed by atoms with E-state index < -0.39 is 17.6 Å². The predicted molar refractivity (Wildman–Crippen MR) is 137 cm³/mol. The van der Waals surface area contributed by atoms with Crippen LogP contribution in [0.5, 0.6) is 0 Å². The number of hydrogen-bond acceptors (Lipinski definition) is 5. The summed E-state index contributed by atoms with van der Waals surface area (Å²) in [5.74, 6) is -1.79. The molecular formula is C28H25FN4O4. The van der Waals surface area contributed by atoms with Gasteiger partial charge in [-0.1, -0.05) is 18.2 Å². The molecule has 2 N–H and O–H groups in total. The third-order valence-corrected chi connectivity index (χ3v) is 7.30. The Hall–Kier alpha value is -4.24. The van der Waals surface area contributed by atoms with Gasteiger partial charge in [0.25, 0.3) is 11.8 Å². The van der Waals surface area contributed by atoms with Gasteiger partial charge in [-0.05, 0) is 44.2 Å². The van der Waals surface area contributed by atoms with Crippen LogP contribution in [0.3, 0.4) is 0 Å². The number of nitrogens with zero attached hydrogens (tertiary/aromatic N) is 2. The maximum atomic E-state index is 15.2. The summed E-state index contributed by atoms with van der Waals surface area (Å²) in [5, 5.41) is 6.70. The number of para-hydroxylation sites is 1. The Bertz CT molecular complexity index is 1610. The summed E-state index contributed by atoms with van der Waals surface area (Å²) < 4.78 is 22.8. The zero-order valence-corrected chi connectivity index (χ0v) is 20.2. The van der Waals surface area contributed by atoms with Crippen LogP contribution in [0.4, 0.5) is 4.39 Å². The van der Waals surface area contributed by atoms with Crippen molar-refractivity contribution in [1.82, 2.24) is 20.1 Å². The van der Waals surface area contributed by atoms with Gasteiger partial charge in [0.05, 0.1) is 29.5 Å². The van der Waals surface area contributed by atoms with E-state index in [2.05, 4.69) is 15.2 Å². The van der Waals surface area contributed by atoms with Gasteiger partial charge in [-0.15, -0.1) is 0 Å². The molecule has 9 heteroatoms. The van der Waals surface area contributed by atoms with Gasteiger partial charge in [0.2, 0.25) is 5.91 Å². The van der Waals surface area contributed by atoms with Crippen molar-refractivity contribution in [2.75, 3.05) is 26.7 Å². The number of imide groups is 1. The number of fused-ring (bicyclic) bond motifs is 2. The third kappa shape index (κ3) is 3.74. The van der Waals surface area contributed by atoms with Crippen LogP contribution in [0.1, 0.15) is 30.0 Å². The molecule has 4 aromatic rings. The molecule has 0 spiro atoms. The molecule has 0 aliphatic carbocycles. The molecule has 0 bridgehead atoms. The quantitative estimate of drug-likeness (QED) is 0.409. The van der Waals surface area contributed by atoms with Crippen LogP contribution in [0, 0.1) is 5.82 Å². The summed E-state index contributed by atoms with van der Waals surface area (Å²) >= 11 is 0. The van der Waals surface area contributed by atoms with E-state index in [1.54, 1.807) is 19.2 Å². The maximum Gasteiger partial charge on any atom is 0.259 e. The third-order valence-electron chi connectivity index (χ3n) is 7.30. The molecule has 1 saturated heterocycles. The van der Waals surface area contributed by atoms with E-state index in [-0.39, 0.29) is 34.2 Å². The van der Waals surface area contributed by atoms with Crippen molar-refractivity contribution in [2.24, 2.45) is 0 Å². The van der Waals surface area contributed by atoms with Crippen LogP contribution in [0.25, 0.3) is 33.0 Å². The summed E-state index contributed by atoms with van der Waals surface area (Å²) in [6, 6.07) is 12.3. The molecule has 188 valence electrons. The fraction of sp³-hybridized carbons (Fsp3) is 0.250. The second-order valence-corrected chi connectivity index (χ2v) is 9.40. The lowest BCUT2D eigenvalue weighted by molar-refractivity contribution is -0.131. The highest BCUT2D eigenvalue weighted by Gasteiger charge is 2.37. The van der Waals surface area contributed by atoms with Gasteiger partial charge in [0.1, 0.15) is 11.4 Å². The number of halogens is 1. The van der Waals surface area contributed by atoms with E-state index in [1.165, 1.54) is 12.3 Å². The largest absolute Gasteiger partial charge is 0.464 e. The number of furan rings is 1. The standard InChI is InChI=1S/C28H25FN4O4/c1-30-14-22(34)32-11-8-17(9-12-32)33-15-19(18-4-2-3-5-21(18)33)23-25(28(36)31-27(23)35)24-20(29)7-6-16-10-13-37-26(16)24/h2-7,10,13,15,17,30H,8-9,11-12,14H2,1H3,(H,31,35,36). The normalized spacial score (nSPS) is 16.9. The number of carbonyl (C=O) groups is 3. The number of amides is 3. The Kier molecular flexibility index (Phi) is 5.64. The fourth-order valence-corrected chi connectivity index (χ4v) is 5.55. The SMILES string of the molecule is CNCC(=O)N1CCC(n2cc(C3=C(c4c(F)ccc5ccoc45)C(=O)NC3=O)c3ccccc32)CC1. The summed E-state index contributed by atoms with van der Waals surface area (Å²) in [6.45, 7) is 1.57. The molecule has 0 radical (unpaired) electrons. The Morgan fingerprint density at radius 1 is 1.08 bits per heavy atom. The van der Waals surface area contributed by atoms with Crippen LogP contribution >= 0.6 is 0 Å². The van der Waals surface area contributed by atoms with E-state index >= 15 is 4.39 Å². The lowest BCUT2D eigenvalue weighted by atomic mass is 9.94. The lowest BCUT2D eigenvalue weighted by Gasteiger charge is -2.33. The van der Waals surface area contributed by atoms with Gasteiger partial charge in [-0.3, -0.25) is 19.7 Å². The molecule has 2 aliphatic heterocycles. The molecule has 6 rings (SSSR count). The first-order valence-corrected chi connectivity index (χ1v) is 12.3. The molecule has 4 heterocycles. The minimum absolute atomic E-state index is 0.0194. The summed E-state index contributed by atoms with van der Waals surface area (Å²) in [5.41, 5.74) is 1.77. The number of aromatic nitrogens is 1. The van der Waals surface area contributed by atoms with Gasteiger partial charge in [0, 0.05) is 47.2 Å². The molecular weight excluding hydrogens is 475 g/mol. The molecule has 0 saturated carbocycles. The molecule has 1 fully saturated rings. The second kappa shape index (κ2) is 9.01. The average molecular weight is 501 g/mol. The van der Waals surface area contributed by atoms with Crippen molar-refractivity contribution in [3.8, 4) is 0 Å². The number of likely N-dealkylation sites (tertiary alicyclic amines) is 1. The van der Waals surface area contributed by atoms with Crippen molar-refractivity contribution in [3.05, 3.63) is 71.9 Å². The number of carbonyl (C=O) groups excluding carboxylic acids is 3. The summed E-state index contributed by atoms with van der Waals surface area (Å²) in [7, 11) is 1.75.